The first-order valence-corrected chi connectivity index (χ1v) is 7.25. The summed E-state index contributed by atoms with van der Waals surface area (Å²) in [6.07, 6.45) is 0. The normalized spacial score (nSPS) is 15.7. The van der Waals surface area contributed by atoms with Gasteiger partial charge in [-0.05, 0) is 44.6 Å². The number of rotatable bonds is 3. The number of nitrogen functional groups attached to an aromatic ring is 1. The molecule has 114 valence electrons. The van der Waals surface area contributed by atoms with Crippen molar-refractivity contribution in [1.29, 1.82) is 0 Å². The predicted molar refractivity (Wildman–Crippen MR) is 86.9 cm³/mol. The molecule has 0 saturated carbocycles. The van der Waals surface area contributed by atoms with Crippen LogP contribution in [0.25, 0.3) is 10.8 Å². The largest absolute Gasteiger partial charge is 0.399 e. The summed E-state index contributed by atoms with van der Waals surface area (Å²) in [6, 6.07) is 8.71. The van der Waals surface area contributed by atoms with Crippen molar-refractivity contribution in [1.82, 2.24) is 9.80 Å². The van der Waals surface area contributed by atoms with E-state index in [0.29, 0.717) is 28.7 Å². The SMILES string of the molecule is CC(CN(C)C)N1C(=O)c2cccc3cc(N)cc(c23)C1=O. The van der Waals surface area contributed by atoms with Crippen LogP contribution >= 0.6 is 0 Å². The lowest BCUT2D eigenvalue weighted by molar-refractivity contribution is 0.0530. The Hall–Kier alpha value is -2.40. The third-order valence-electron chi connectivity index (χ3n) is 3.97. The molecule has 1 heterocycles. The molecular weight excluding hydrogens is 278 g/mol. The molecule has 1 unspecified atom stereocenters. The van der Waals surface area contributed by atoms with E-state index >= 15 is 0 Å². The molecule has 0 fully saturated rings. The van der Waals surface area contributed by atoms with Gasteiger partial charge in [-0.15, -0.1) is 0 Å². The van der Waals surface area contributed by atoms with Gasteiger partial charge in [-0.3, -0.25) is 14.5 Å². The van der Waals surface area contributed by atoms with Crippen LogP contribution in [0.1, 0.15) is 27.6 Å². The Kier molecular flexibility index (Phi) is 3.37. The molecule has 0 saturated heterocycles. The number of likely N-dealkylation sites (N-methyl/N-ethyl adjacent to an activating group) is 1. The second kappa shape index (κ2) is 5.10. The zero-order chi connectivity index (χ0) is 16.0. The maximum atomic E-state index is 12.8. The third kappa shape index (κ3) is 2.14. The van der Waals surface area contributed by atoms with Crippen LogP contribution in [-0.2, 0) is 0 Å². The van der Waals surface area contributed by atoms with Crippen molar-refractivity contribution in [2.24, 2.45) is 0 Å². The lowest BCUT2D eigenvalue weighted by Crippen LogP contribution is -2.49. The number of anilines is 1. The van der Waals surface area contributed by atoms with E-state index in [-0.39, 0.29) is 17.9 Å². The number of hydrogen-bond donors (Lipinski definition) is 1. The van der Waals surface area contributed by atoms with Crippen LogP contribution in [0.4, 0.5) is 5.69 Å². The van der Waals surface area contributed by atoms with Gasteiger partial charge < -0.3 is 10.6 Å². The Morgan fingerprint density at radius 1 is 1.14 bits per heavy atom. The monoisotopic (exact) mass is 297 g/mol. The van der Waals surface area contributed by atoms with Gasteiger partial charge in [0.1, 0.15) is 0 Å². The van der Waals surface area contributed by atoms with E-state index in [9.17, 15) is 9.59 Å². The van der Waals surface area contributed by atoms with Crippen molar-refractivity contribution in [2.75, 3.05) is 26.4 Å². The van der Waals surface area contributed by atoms with Crippen LogP contribution in [0.15, 0.2) is 30.3 Å². The second-order valence-corrected chi connectivity index (χ2v) is 6.06. The first-order valence-electron chi connectivity index (χ1n) is 7.25. The predicted octanol–water partition coefficient (Wildman–Crippen LogP) is 1.97. The molecule has 1 atom stereocenters. The van der Waals surface area contributed by atoms with Gasteiger partial charge in [0.05, 0.1) is 11.6 Å². The molecule has 0 bridgehead atoms. The number of amides is 2. The van der Waals surface area contributed by atoms with Crippen LogP contribution in [0.2, 0.25) is 0 Å². The number of hydrogen-bond acceptors (Lipinski definition) is 4. The van der Waals surface area contributed by atoms with Gasteiger partial charge in [-0.1, -0.05) is 12.1 Å². The molecule has 2 N–H and O–H groups in total. The maximum Gasteiger partial charge on any atom is 0.261 e. The van der Waals surface area contributed by atoms with Gasteiger partial charge in [-0.2, -0.15) is 0 Å². The quantitative estimate of drug-likeness (QED) is 0.695. The molecule has 3 rings (SSSR count). The smallest absolute Gasteiger partial charge is 0.261 e. The molecule has 2 aromatic rings. The minimum Gasteiger partial charge on any atom is -0.399 e. The molecule has 0 spiro atoms. The van der Waals surface area contributed by atoms with E-state index in [0.717, 1.165) is 5.39 Å². The fourth-order valence-electron chi connectivity index (χ4n) is 3.16. The highest BCUT2D eigenvalue weighted by Crippen LogP contribution is 2.32. The molecule has 1 aliphatic heterocycles. The van der Waals surface area contributed by atoms with Gasteiger partial charge in [0.2, 0.25) is 0 Å². The lowest BCUT2D eigenvalue weighted by Gasteiger charge is -2.33. The average molecular weight is 297 g/mol. The first-order chi connectivity index (χ1) is 10.4. The minimum absolute atomic E-state index is 0.208. The molecule has 2 aromatic carbocycles. The molecule has 2 amide bonds. The lowest BCUT2D eigenvalue weighted by atomic mass is 9.92. The Balaban J connectivity index is 2.19. The van der Waals surface area contributed by atoms with E-state index < -0.39 is 0 Å². The maximum absolute atomic E-state index is 12.8. The summed E-state index contributed by atoms with van der Waals surface area (Å²) in [7, 11) is 3.84. The fourth-order valence-corrected chi connectivity index (χ4v) is 3.16. The van der Waals surface area contributed by atoms with Crippen LogP contribution < -0.4 is 5.73 Å². The summed E-state index contributed by atoms with van der Waals surface area (Å²) >= 11 is 0. The second-order valence-electron chi connectivity index (χ2n) is 6.06. The van der Waals surface area contributed by atoms with E-state index in [1.807, 2.05) is 38.1 Å². The highest BCUT2D eigenvalue weighted by atomic mass is 16.2. The number of nitrogens with zero attached hydrogens (tertiary/aromatic N) is 2. The van der Waals surface area contributed by atoms with Crippen LogP contribution in [0.5, 0.6) is 0 Å². The van der Waals surface area contributed by atoms with Crippen molar-refractivity contribution in [2.45, 2.75) is 13.0 Å². The van der Waals surface area contributed by atoms with Crippen molar-refractivity contribution in [3.05, 3.63) is 41.5 Å². The van der Waals surface area contributed by atoms with E-state index in [1.165, 1.54) is 4.90 Å². The minimum atomic E-state index is -0.268. The molecule has 0 radical (unpaired) electrons. The van der Waals surface area contributed by atoms with Crippen LogP contribution in [0, 0.1) is 0 Å². The third-order valence-corrected chi connectivity index (χ3v) is 3.97. The van der Waals surface area contributed by atoms with Crippen molar-refractivity contribution >= 4 is 28.3 Å². The molecule has 0 aliphatic carbocycles. The van der Waals surface area contributed by atoms with E-state index in [4.69, 9.17) is 5.73 Å². The highest BCUT2D eigenvalue weighted by Gasteiger charge is 2.36. The average Bonchev–Trinajstić information content (AvgIpc) is 2.43. The summed E-state index contributed by atoms with van der Waals surface area (Å²) in [5, 5.41) is 1.54. The molecule has 5 heteroatoms. The van der Waals surface area contributed by atoms with Crippen molar-refractivity contribution < 1.29 is 9.59 Å². The number of benzene rings is 2. The Bertz CT molecular complexity index is 783. The van der Waals surface area contributed by atoms with Gasteiger partial charge >= 0.3 is 0 Å². The number of carbonyl (C=O) groups is 2. The van der Waals surface area contributed by atoms with Crippen LogP contribution in [-0.4, -0.2) is 48.3 Å². The van der Waals surface area contributed by atoms with Crippen molar-refractivity contribution in [3.8, 4) is 0 Å². The van der Waals surface area contributed by atoms with Gasteiger partial charge in [0.25, 0.3) is 11.8 Å². The molecular formula is C17H19N3O2. The van der Waals surface area contributed by atoms with Gasteiger partial charge in [0.15, 0.2) is 0 Å². The molecule has 0 aromatic heterocycles. The van der Waals surface area contributed by atoms with Crippen molar-refractivity contribution in [3.63, 3.8) is 0 Å². The fraction of sp³-hybridized carbons (Fsp3) is 0.294. The summed E-state index contributed by atoms with van der Waals surface area (Å²) < 4.78 is 0. The Labute approximate surface area is 129 Å². The molecule has 22 heavy (non-hydrogen) atoms. The standard InChI is InChI=1S/C17H19N3O2/c1-10(9-19(2)3)20-16(21)13-6-4-5-11-7-12(18)8-14(15(11)13)17(20)22/h4-8,10H,9,18H2,1-3H3. The Morgan fingerprint density at radius 3 is 2.50 bits per heavy atom. The summed E-state index contributed by atoms with van der Waals surface area (Å²) in [4.78, 5) is 28.9. The summed E-state index contributed by atoms with van der Waals surface area (Å²) in [6.45, 7) is 2.50. The Morgan fingerprint density at radius 2 is 1.82 bits per heavy atom. The summed E-state index contributed by atoms with van der Waals surface area (Å²) in [5.41, 5.74) is 7.52. The number of imide groups is 1. The molecule has 5 nitrogen and oxygen atoms in total. The van der Waals surface area contributed by atoms with E-state index in [2.05, 4.69) is 0 Å². The zero-order valence-electron chi connectivity index (χ0n) is 13.0. The first kappa shape index (κ1) is 14.5. The topological polar surface area (TPSA) is 66.6 Å². The van der Waals surface area contributed by atoms with Gasteiger partial charge in [0, 0.05) is 23.2 Å². The van der Waals surface area contributed by atoms with Crippen LogP contribution in [0.3, 0.4) is 0 Å². The van der Waals surface area contributed by atoms with E-state index in [1.54, 1.807) is 18.2 Å². The number of nitrogens with two attached hydrogens (primary N) is 1. The zero-order valence-corrected chi connectivity index (χ0v) is 13.0. The molecule has 1 aliphatic rings. The van der Waals surface area contributed by atoms with Gasteiger partial charge in [-0.25, -0.2) is 0 Å². The number of carbonyl (C=O) groups excluding carboxylic acids is 2. The highest BCUT2D eigenvalue weighted by molar-refractivity contribution is 6.26. The summed E-state index contributed by atoms with van der Waals surface area (Å²) in [5.74, 6) is -0.502.